The van der Waals surface area contributed by atoms with E-state index in [-0.39, 0.29) is 17.4 Å². The lowest BCUT2D eigenvalue weighted by Crippen LogP contribution is -2.40. The topological polar surface area (TPSA) is 79.2 Å². The van der Waals surface area contributed by atoms with Gasteiger partial charge in [-0.05, 0) is 44.2 Å². The van der Waals surface area contributed by atoms with Gasteiger partial charge < -0.3 is 14.4 Å². The molecule has 1 aliphatic rings. The zero-order valence-electron chi connectivity index (χ0n) is 14.9. The number of benzene rings is 1. The molecule has 2 aromatic heterocycles. The van der Waals surface area contributed by atoms with Crippen LogP contribution in [-0.4, -0.2) is 34.0 Å². The van der Waals surface area contributed by atoms with Gasteiger partial charge in [0.25, 0.3) is 11.5 Å². The SMILES string of the molecule is Cc1noc(C)c1C(=O)N1CCC[C@H](c2cc3ccccc3c(=O)[nH]2)C1. The third-order valence-corrected chi connectivity index (χ3v) is 5.17. The summed E-state index contributed by atoms with van der Waals surface area (Å²) in [6, 6.07) is 9.60. The number of fused-ring (bicyclic) bond motifs is 1. The predicted octanol–water partition coefficient (Wildman–Crippen LogP) is 3.15. The Balaban J connectivity index is 1.63. The van der Waals surface area contributed by atoms with E-state index in [4.69, 9.17) is 4.52 Å². The molecule has 134 valence electrons. The third-order valence-electron chi connectivity index (χ3n) is 5.17. The van der Waals surface area contributed by atoms with Gasteiger partial charge in [0.15, 0.2) is 0 Å². The van der Waals surface area contributed by atoms with Crippen molar-refractivity contribution in [3.05, 3.63) is 63.4 Å². The van der Waals surface area contributed by atoms with E-state index < -0.39 is 0 Å². The first kappa shape index (κ1) is 16.6. The van der Waals surface area contributed by atoms with Crippen LogP contribution in [0.25, 0.3) is 10.8 Å². The van der Waals surface area contributed by atoms with Crippen LogP contribution in [0, 0.1) is 13.8 Å². The Morgan fingerprint density at radius 2 is 2.12 bits per heavy atom. The molecule has 1 aromatic carbocycles. The van der Waals surface area contributed by atoms with Crippen LogP contribution in [0.5, 0.6) is 0 Å². The average Bonchev–Trinajstić information content (AvgIpc) is 2.99. The lowest BCUT2D eigenvalue weighted by Gasteiger charge is -2.32. The first-order chi connectivity index (χ1) is 12.5. The Morgan fingerprint density at radius 3 is 2.88 bits per heavy atom. The third kappa shape index (κ3) is 2.81. The number of H-pyrrole nitrogens is 1. The molecule has 0 aliphatic carbocycles. The van der Waals surface area contributed by atoms with Crippen molar-refractivity contribution in [3.8, 4) is 0 Å². The van der Waals surface area contributed by atoms with Gasteiger partial charge in [-0.15, -0.1) is 0 Å². The number of likely N-dealkylation sites (tertiary alicyclic amines) is 1. The Hall–Kier alpha value is -2.89. The maximum absolute atomic E-state index is 12.9. The van der Waals surface area contributed by atoms with Crippen molar-refractivity contribution in [2.45, 2.75) is 32.6 Å². The number of amides is 1. The van der Waals surface area contributed by atoms with Crippen molar-refractivity contribution in [2.75, 3.05) is 13.1 Å². The van der Waals surface area contributed by atoms with Crippen molar-refractivity contribution < 1.29 is 9.32 Å². The van der Waals surface area contributed by atoms with Crippen molar-refractivity contribution in [1.82, 2.24) is 15.0 Å². The number of hydrogen-bond donors (Lipinski definition) is 1. The second-order valence-electron chi connectivity index (χ2n) is 6.93. The van der Waals surface area contributed by atoms with Gasteiger partial charge in [-0.2, -0.15) is 0 Å². The van der Waals surface area contributed by atoms with Gasteiger partial charge >= 0.3 is 0 Å². The van der Waals surface area contributed by atoms with E-state index in [0.717, 1.165) is 23.9 Å². The van der Waals surface area contributed by atoms with Crippen LogP contribution in [0.4, 0.5) is 0 Å². The zero-order chi connectivity index (χ0) is 18.3. The summed E-state index contributed by atoms with van der Waals surface area (Å²) in [4.78, 5) is 30.1. The minimum atomic E-state index is -0.0766. The molecule has 0 radical (unpaired) electrons. The van der Waals surface area contributed by atoms with Crippen LogP contribution in [0.2, 0.25) is 0 Å². The second kappa shape index (κ2) is 6.44. The van der Waals surface area contributed by atoms with Crippen molar-refractivity contribution >= 4 is 16.7 Å². The molecule has 26 heavy (non-hydrogen) atoms. The van der Waals surface area contributed by atoms with Crippen LogP contribution < -0.4 is 5.56 Å². The quantitative estimate of drug-likeness (QED) is 0.769. The van der Waals surface area contributed by atoms with E-state index in [9.17, 15) is 9.59 Å². The highest BCUT2D eigenvalue weighted by molar-refractivity contribution is 5.96. The minimum Gasteiger partial charge on any atom is -0.361 e. The van der Waals surface area contributed by atoms with Crippen molar-refractivity contribution in [1.29, 1.82) is 0 Å². The van der Waals surface area contributed by atoms with Gasteiger partial charge in [-0.25, -0.2) is 0 Å². The maximum Gasteiger partial charge on any atom is 0.259 e. The average molecular weight is 351 g/mol. The summed E-state index contributed by atoms with van der Waals surface area (Å²) in [5, 5.41) is 5.51. The maximum atomic E-state index is 12.9. The number of aromatic amines is 1. The van der Waals surface area contributed by atoms with Crippen LogP contribution in [0.1, 0.15) is 46.3 Å². The first-order valence-corrected chi connectivity index (χ1v) is 8.88. The second-order valence-corrected chi connectivity index (χ2v) is 6.93. The zero-order valence-corrected chi connectivity index (χ0v) is 14.9. The summed E-state index contributed by atoms with van der Waals surface area (Å²) in [5.41, 5.74) is 1.99. The van der Waals surface area contributed by atoms with Crippen LogP contribution in [-0.2, 0) is 0 Å². The fourth-order valence-corrected chi connectivity index (χ4v) is 3.81. The van der Waals surface area contributed by atoms with Crippen LogP contribution in [0.15, 0.2) is 39.6 Å². The Labute approximate surface area is 150 Å². The standard InChI is InChI=1S/C20H21N3O3/c1-12-18(13(2)26-22-12)20(25)23-9-5-7-15(11-23)17-10-14-6-3-4-8-16(14)19(24)21-17/h3-4,6,8,10,15H,5,7,9,11H2,1-2H3,(H,21,24)/t15-/m0/s1. The molecule has 6 nitrogen and oxygen atoms in total. The molecule has 0 saturated carbocycles. The van der Waals surface area contributed by atoms with Crippen molar-refractivity contribution in [2.24, 2.45) is 0 Å². The van der Waals surface area contributed by atoms with Gasteiger partial charge in [-0.1, -0.05) is 23.4 Å². The Morgan fingerprint density at radius 1 is 1.31 bits per heavy atom. The summed E-state index contributed by atoms with van der Waals surface area (Å²) in [7, 11) is 0. The molecule has 1 amide bonds. The van der Waals surface area contributed by atoms with Gasteiger partial charge in [-0.3, -0.25) is 9.59 Å². The molecule has 3 heterocycles. The number of pyridine rings is 1. The summed E-state index contributed by atoms with van der Waals surface area (Å²) in [6.45, 7) is 4.83. The van der Waals surface area contributed by atoms with Crippen molar-refractivity contribution in [3.63, 3.8) is 0 Å². The number of hydrogen-bond acceptors (Lipinski definition) is 4. The number of aromatic nitrogens is 2. The number of piperidine rings is 1. The van der Waals surface area contributed by atoms with Gasteiger partial charge in [0.1, 0.15) is 11.3 Å². The number of nitrogens with one attached hydrogen (secondary N) is 1. The van der Waals surface area contributed by atoms with Gasteiger partial charge in [0.2, 0.25) is 0 Å². The largest absolute Gasteiger partial charge is 0.361 e. The fraction of sp³-hybridized carbons (Fsp3) is 0.350. The molecule has 1 aliphatic heterocycles. The Bertz CT molecular complexity index is 1010. The normalized spacial score (nSPS) is 17.6. The molecule has 1 fully saturated rings. The van der Waals surface area contributed by atoms with Crippen LogP contribution >= 0.6 is 0 Å². The monoisotopic (exact) mass is 351 g/mol. The summed E-state index contributed by atoms with van der Waals surface area (Å²) >= 11 is 0. The van der Waals surface area contributed by atoms with E-state index in [2.05, 4.69) is 10.1 Å². The molecule has 0 unspecified atom stereocenters. The molecule has 0 bridgehead atoms. The molecule has 6 heteroatoms. The first-order valence-electron chi connectivity index (χ1n) is 8.88. The van der Waals surface area contributed by atoms with Gasteiger partial charge in [0, 0.05) is 30.1 Å². The Kier molecular flexibility index (Phi) is 4.11. The molecular weight excluding hydrogens is 330 g/mol. The molecular formula is C20H21N3O3. The smallest absolute Gasteiger partial charge is 0.259 e. The number of carbonyl (C=O) groups is 1. The van der Waals surface area contributed by atoms with E-state index in [0.29, 0.717) is 35.5 Å². The summed E-state index contributed by atoms with van der Waals surface area (Å²) in [6.07, 6.45) is 1.84. The fourth-order valence-electron chi connectivity index (χ4n) is 3.81. The highest BCUT2D eigenvalue weighted by atomic mass is 16.5. The molecule has 0 spiro atoms. The lowest BCUT2D eigenvalue weighted by molar-refractivity contribution is 0.0703. The van der Waals surface area contributed by atoms with E-state index in [1.807, 2.05) is 35.2 Å². The van der Waals surface area contributed by atoms with Gasteiger partial charge in [0.05, 0.1) is 5.69 Å². The highest BCUT2D eigenvalue weighted by Crippen LogP contribution is 2.28. The van der Waals surface area contributed by atoms with Crippen LogP contribution in [0.3, 0.4) is 0 Å². The van der Waals surface area contributed by atoms with E-state index >= 15 is 0 Å². The lowest BCUT2D eigenvalue weighted by atomic mass is 9.92. The predicted molar refractivity (Wildman–Crippen MR) is 98.4 cm³/mol. The number of aryl methyl sites for hydroxylation is 2. The van der Waals surface area contributed by atoms with E-state index in [1.165, 1.54) is 0 Å². The molecule has 1 N–H and O–H groups in total. The number of carbonyl (C=O) groups excluding carboxylic acids is 1. The van der Waals surface area contributed by atoms with E-state index in [1.54, 1.807) is 13.8 Å². The minimum absolute atomic E-state index is 0.0471. The molecule has 1 atom stereocenters. The molecule has 4 rings (SSSR count). The number of rotatable bonds is 2. The summed E-state index contributed by atoms with van der Waals surface area (Å²) < 4.78 is 5.14. The number of nitrogens with zero attached hydrogens (tertiary/aromatic N) is 2. The highest BCUT2D eigenvalue weighted by Gasteiger charge is 2.29. The summed E-state index contributed by atoms with van der Waals surface area (Å²) in [5.74, 6) is 0.619. The molecule has 3 aromatic rings. The molecule has 1 saturated heterocycles.